The molecule has 1 fully saturated rings. The first-order chi connectivity index (χ1) is 7.68. The SMILES string of the molecule is Clc1ccc(C(Br)C2COCCO2)cc1Cl. The first-order valence-electron chi connectivity index (χ1n) is 4.97. The Morgan fingerprint density at radius 1 is 1.25 bits per heavy atom. The van der Waals surface area contributed by atoms with E-state index in [1.165, 1.54) is 0 Å². The largest absolute Gasteiger partial charge is 0.376 e. The van der Waals surface area contributed by atoms with Crippen LogP contribution >= 0.6 is 39.1 Å². The summed E-state index contributed by atoms with van der Waals surface area (Å²) in [6.07, 6.45) is 0.0194. The molecule has 1 heterocycles. The second-order valence-electron chi connectivity index (χ2n) is 3.56. The summed E-state index contributed by atoms with van der Waals surface area (Å²) in [6.45, 7) is 1.89. The van der Waals surface area contributed by atoms with Crippen LogP contribution in [0.4, 0.5) is 0 Å². The van der Waals surface area contributed by atoms with Gasteiger partial charge in [-0.25, -0.2) is 0 Å². The van der Waals surface area contributed by atoms with E-state index in [0.717, 1.165) is 5.56 Å². The first kappa shape index (κ1) is 12.7. The van der Waals surface area contributed by atoms with Crippen LogP contribution in [0.15, 0.2) is 18.2 Å². The predicted molar refractivity (Wildman–Crippen MR) is 68.7 cm³/mol. The van der Waals surface area contributed by atoms with Gasteiger partial charge in [0, 0.05) is 0 Å². The van der Waals surface area contributed by atoms with E-state index >= 15 is 0 Å². The van der Waals surface area contributed by atoms with Crippen LogP contribution in [0.25, 0.3) is 0 Å². The van der Waals surface area contributed by atoms with Crippen molar-refractivity contribution in [1.82, 2.24) is 0 Å². The van der Waals surface area contributed by atoms with Crippen molar-refractivity contribution in [3.63, 3.8) is 0 Å². The Kier molecular flexibility index (Phi) is 4.50. The minimum Gasteiger partial charge on any atom is -0.376 e. The first-order valence-corrected chi connectivity index (χ1v) is 6.64. The number of hydrogen-bond acceptors (Lipinski definition) is 2. The van der Waals surface area contributed by atoms with Gasteiger partial charge in [0.15, 0.2) is 0 Å². The van der Waals surface area contributed by atoms with Gasteiger partial charge in [-0.1, -0.05) is 45.2 Å². The highest BCUT2D eigenvalue weighted by atomic mass is 79.9. The molecule has 5 heteroatoms. The van der Waals surface area contributed by atoms with Crippen molar-refractivity contribution in [2.75, 3.05) is 19.8 Å². The maximum Gasteiger partial charge on any atom is 0.0975 e. The van der Waals surface area contributed by atoms with Crippen LogP contribution in [0.5, 0.6) is 0 Å². The van der Waals surface area contributed by atoms with Gasteiger partial charge in [-0.05, 0) is 17.7 Å². The lowest BCUT2D eigenvalue weighted by Crippen LogP contribution is -2.31. The molecule has 1 aromatic carbocycles. The molecule has 0 bridgehead atoms. The lowest BCUT2D eigenvalue weighted by atomic mass is 10.1. The summed E-state index contributed by atoms with van der Waals surface area (Å²) in [7, 11) is 0. The highest BCUT2D eigenvalue weighted by Crippen LogP contribution is 2.33. The molecule has 2 atom stereocenters. The molecule has 2 rings (SSSR count). The van der Waals surface area contributed by atoms with E-state index in [0.29, 0.717) is 29.9 Å². The zero-order valence-corrected chi connectivity index (χ0v) is 11.6. The van der Waals surface area contributed by atoms with Crippen LogP contribution in [-0.4, -0.2) is 25.9 Å². The smallest absolute Gasteiger partial charge is 0.0975 e. The van der Waals surface area contributed by atoms with Crippen LogP contribution < -0.4 is 0 Å². The van der Waals surface area contributed by atoms with Crippen LogP contribution in [0.3, 0.4) is 0 Å². The highest BCUT2D eigenvalue weighted by Gasteiger charge is 2.24. The molecular formula is C11H11BrCl2O2. The van der Waals surface area contributed by atoms with Gasteiger partial charge in [0.25, 0.3) is 0 Å². The standard InChI is InChI=1S/C11H11BrCl2O2/c12-11(10-6-15-3-4-16-10)7-1-2-8(13)9(14)5-7/h1-2,5,10-11H,3-4,6H2. The monoisotopic (exact) mass is 324 g/mol. The average Bonchev–Trinajstić information content (AvgIpc) is 2.33. The van der Waals surface area contributed by atoms with Gasteiger partial charge in [0.05, 0.1) is 40.8 Å². The molecule has 16 heavy (non-hydrogen) atoms. The summed E-state index contributed by atoms with van der Waals surface area (Å²) in [5.74, 6) is 0. The molecule has 88 valence electrons. The molecule has 0 N–H and O–H groups in total. The van der Waals surface area contributed by atoms with Gasteiger partial charge < -0.3 is 9.47 Å². The molecule has 1 aromatic rings. The van der Waals surface area contributed by atoms with Crippen LogP contribution in [0.2, 0.25) is 10.0 Å². The van der Waals surface area contributed by atoms with E-state index < -0.39 is 0 Å². The topological polar surface area (TPSA) is 18.5 Å². The molecule has 0 aromatic heterocycles. The lowest BCUT2D eigenvalue weighted by molar-refractivity contribution is -0.0876. The van der Waals surface area contributed by atoms with Crippen molar-refractivity contribution in [2.45, 2.75) is 10.9 Å². The Balaban J connectivity index is 2.12. The second-order valence-corrected chi connectivity index (χ2v) is 5.36. The quantitative estimate of drug-likeness (QED) is 0.769. The molecule has 1 saturated heterocycles. The van der Waals surface area contributed by atoms with Gasteiger partial charge >= 0.3 is 0 Å². The van der Waals surface area contributed by atoms with Crippen molar-refractivity contribution in [3.8, 4) is 0 Å². The fourth-order valence-corrected chi connectivity index (χ4v) is 2.47. The van der Waals surface area contributed by atoms with E-state index in [2.05, 4.69) is 15.9 Å². The predicted octanol–water partition coefficient (Wildman–Crippen LogP) is 3.84. The molecule has 0 aliphatic carbocycles. The molecular weight excluding hydrogens is 315 g/mol. The third kappa shape index (κ3) is 2.90. The van der Waals surface area contributed by atoms with E-state index in [1.54, 1.807) is 6.07 Å². The highest BCUT2D eigenvalue weighted by molar-refractivity contribution is 9.09. The summed E-state index contributed by atoms with van der Waals surface area (Å²) in [5, 5.41) is 1.12. The molecule has 2 nitrogen and oxygen atoms in total. The molecule has 0 spiro atoms. The maximum atomic E-state index is 5.97. The fraction of sp³-hybridized carbons (Fsp3) is 0.455. The van der Waals surface area contributed by atoms with Crippen LogP contribution in [0, 0.1) is 0 Å². The van der Waals surface area contributed by atoms with Crippen molar-refractivity contribution in [3.05, 3.63) is 33.8 Å². The summed E-state index contributed by atoms with van der Waals surface area (Å²) in [5.41, 5.74) is 1.05. The van der Waals surface area contributed by atoms with Crippen LogP contribution in [0.1, 0.15) is 10.4 Å². The summed E-state index contributed by atoms with van der Waals surface area (Å²) < 4.78 is 11.0. The average molecular weight is 326 g/mol. The molecule has 1 aliphatic heterocycles. The number of ether oxygens (including phenoxy) is 2. The van der Waals surface area contributed by atoms with E-state index in [4.69, 9.17) is 32.7 Å². The van der Waals surface area contributed by atoms with Crippen molar-refractivity contribution in [1.29, 1.82) is 0 Å². The number of benzene rings is 1. The summed E-state index contributed by atoms with van der Waals surface area (Å²) >= 11 is 15.4. The van der Waals surface area contributed by atoms with E-state index in [9.17, 15) is 0 Å². The summed E-state index contributed by atoms with van der Waals surface area (Å²) in [6, 6.07) is 5.57. The Bertz CT molecular complexity index is 367. The maximum absolute atomic E-state index is 5.97. The minimum absolute atomic E-state index is 0.0194. The van der Waals surface area contributed by atoms with Crippen molar-refractivity contribution < 1.29 is 9.47 Å². The van der Waals surface area contributed by atoms with Crippen molar-refractivity contribution >= 4 is 39.1 Å². The third-order valence-electron chi connectivity index (χ3n) is 2.43. The molecule has 0 radical (unpaired) electrons. The molecule has 0 saturated carbocycles. The molecule has 2 unspecified atom stereocenters. The Morgan fingerprint density at radius 2 is 2.06 bits per heavy atom. The van der Waals surface area contributed by atoms with Gasteiger partial charge in [-0.2, -0.15) is 0 Å². The van der Waals surface area contributed by atoms with Crippen LogP contribution in [-0.2, 0) is 9.47 Å². The zero-order chi connectivity index (χ0) is 11.5. The van der Waals surface area contributed by atoms with Crippen molar-refractivity contribution in [2.24, 2.45) is 0 Å². The molecule has 0 amide bonds. The Labute approximate surface area is 113 Å². The number of halogens is 3. The van der Waals surface area contributed by atoms with Gasteiger partial charge in [-0.3, -0.25) is 0 Å². The third-order valence-corrected chi connectivity index (χ3v) is 4.29. The van der Waals surface area contributed by atoms with E-state index in [-0.39, 0.29) is 10.9 Å². The normalized spacial score (nSPS) is 23.1. The second kappa shape index (κ2) is 5.69. The Morgan fingerprint density at radius 3 is 2.69 bits per heavy atom. The fourth-order valence-electron chi connectivity index (χ4n) is 1.57. The number of alkyl halides is 1. The Hall–Kier alpha value is 0.200. The van der Waals surface area contributed by atoms with Gasteiger partial charge in [-0.15, -0.1) is 0 Å². The lowest BCUT2D eigenvalue weighted by Gasteiger charge is -2.27. The zero-order valence-electron chi connectivity index (χ0n) is 8.46. The van der Waals surface area contributed by atoms with E-state index in [1.807, 2.05) is 12.1 Å². The summed E-state index contributed by atoms with van der Waals surface area (Å²) in [4.78, 5) is 0.0718. The van der Waals surface area contributed by atoms with Gasteiger partial charge in [0.2, 0.25) is 0 Å². The minimum atomic E-state index is 0.0194. The number of rotatable bonds is 2. The number of hydrogen-bond donors (Lipinski definition) is 0. The molecule has 1 aliphatic rings. The van der Waals surface area contributed by atoms with Gasteiger partial charge in [0.1, 0.15) is 0 Å².